The summed E-state index contributed by atoms with van der Waals surface area (Å²) in [4.78, 5) is 29.6. The third-order valence-corrected chi connectivity index (χ3v) is 3.21. The summed E-state index contributed by atoms with van der Waals surface area (Å²) in [5.74, 6) is 0.244. The number of rotatable bonds is 7. The third kappa shape index (κ3) is 7.81. The van der Waals surface area contributed by atoms with E-state index in [1.165, 1.54) is 0 Å². The van der Waals surface area contributed by atoms with Crippen molar-refractivity contribution in [2.24, 2.45) is 11.7 Å². The van der Waals surface area contributed by atoms with Gasteiger partial charge in [-0.2, -0.15) is 0 Å². The normalized spacial score (nSPS) is 10.9. The average Bonchev–Trinajstić information content (AvgIpc) is 2.49. The monoisotopic (exact) mass is 379 g/mol. The van der Waals surface area contributed by atoms with Gasteiger partial charge >= 0.3 is 0 Å². The van der Waals surface area contributed by atoms with Gasteiger partial charge in [0.25, 0.3) is 0 Å². The van der Waals surface area contributed by atoms with E-state index in [9.17, 15) is 9.59 Å². The van der Waals surface area contributed by atoms with Crippen molar-refractivity contribution in [2.45, 2.75) is 26.4 Å². The summed E-state index contributed by atoms with van der Waals surface area (Å²) in [6.45, 7) is 3.98. The Morgan fingerprint density at radius 1 is 1.25 bits per heavy atom. The minimum Gasteiger partial charge on any atom is -0.362 e. The number of nitrogens with two attached hydrogens (primary N) is 1. The lowest BCUT2D eigenvalue weighted by Gasteiger charge is -2.17. The van der Waals surface area contributed by atoms with E-state index in [2.05, 4.69) is 15.6 Å². The van der Waals surface area contributed by atoms with E-state index in [-0.39, 0.29) is 49.1 Å². The highest BCUT2D eigenvalue weighted by atomic mass is 35.5. The number of nitrogens with zero attached hydrogens (tertiary/aromatic N) is 2. The van der Waals surface area contributed by atoms with Crippen LogP contribution in [0.1, 0.15) is 19.4 Å². The molecule has 9 heteroatoms. The number of halogens is 2. The first-order valence-electron chi connectivity index (χ1n) is 7.24. The standard InChI is InChI=1S/C15H25N5O2.2ClH/c1-10(2)13(16)15(22)19-9-12(21)18-8-11-6-5-7-17-14(11)20(3)4;;/h5-7,10,13H,8-9,16H2,1-4H3,(H,18,21)(H,19,22);2*1H/t13-;;/m0../s1. The van der Waals surface area contributed by atoms with Crippen LogP contribution in [0.2, 0.25) is 0 Å². The van der Waals surface area contributed by atoms with E-state index in [1.54, 1.807) is 6.20 Å². The van der Waals surface area contributed by atoms with Gasteiger partial charge in [0, 0.05) is 32.4 Å². The Kier molecular flexibility index (Phi) is 12.2. The molecule has 1 heterocycles. The summed E-state index contributed by atoms with van der Waals surface area (Å²) in [5, 5.41) is 5.29. The number of carbonyl (C=O) groups excluding carboxylic acids is 2. The molecule has 0 aromatic carbocycles. The van der Waals surface area contributed by atoms with E-state index >= 15 is 0 Å². The van der Waals surface area contributed by atoms with Gasteiger partial charge in [0.2, 0.25) is 11.8 Å². The van der Waals surface area contributed by atoms with E-state index in [1.807, 2.05) is 45.0 Å². The largest absolute Gasteiger partial charge is 0.362 e. The summed E-state index contributed by atoms with van der Waals surface area (Å²) >= 11 is 0. The van der Waals surface area contributed by atoms with Crippen LogP contribution in [0.5, 0.6) is 0 Å². The van der Waals surface area contributed by atoms with Crippen LogP contribution in [0.15, 0.2) is 18.3 Å². The van der Waals surface area contributed by atoms with Crippen molar-refractivity contribution in [1.82, 2.24) is 15.6 Å². The van der Waals surface area contributed by atoms with Crippen LogP contribution < -0.4 is 21.3 Å². The number of hydrogen-bond donors (Lipinski definition) is 3. The number of pyridine rings is 1. The zero-order valence-corrected chi connectivity index (χ0v) is 16.0. The molecule has 1 rings (SSSR count). The summed E-state index contributed by atoms with van der Waals surface area (Å²) < 4.78 is 0. The quantitative estimate of drug-likeness (QED) is 0.647. The van der Waals surface area contributed by atoms with Crippen LogP contribution in [-0.4, -0.2) is 43.5 Å². The summed E-state index contributed by atoms with van der Waals surface area (Å²) in [6.07, 6.45) is 1.70. The lowest BCUT2D eigenvalue weighted by molar-refractivity contribution is -0.127. The molecule has 1 atom stereocenters. The van der Waals surface area contributed by atoms with Crippen molar-refractivity contribution >= 4 is 42.4 Å². The first-order chi connectivity index (χ1) is 10.3. The van der Waals surface area contributed by atoms with E-state index in [0.29, 0.717) is 6.54 Å². The highest BCUT2D eigenvalue weighted by Crippen LogP contribution is 2.13. The lowest BCUT2D eigenvalue weighted by atomic mass is 10.1. The van der Waals surface area contributed by atoms with Crippen molar-refractivity contribution in [3.8, 4) is 0 Å². The van der Waals surface area contributed by atoms with E-state index in [4.69, 9.17) is 5.73 Å². The fourth-order valence-electron chi connectivity index (χ4n) is 1.82. The Balaban J connectivity index is 0. The second kappa shape index (κ2) is 11.9. The molecule has 0 unspecified atom stereocenters. The Morgan fingerprint density at radius 3 is 2.42 bits per heavy atom. The molecule has 0 aliphatic rings. The maximum absolute atomic E-state index is 11.8. The van der Waals surface area contributed by atoms with Gasteiger partial charge in [-0.05, 0) is 12.0 Å². The molecule has 0 saturated carbocycles. The Bertz CT molecular complexity index is 526. The van der Waals surface area contributed by atoms with Gasteiger partial charge in [0.05, 0.1) is 12.6 Å². The summed E-state index contributed by atoms with van der Waals surface area (Å²) in [7, 11) is 3.78. The van der Waals surface area contributed by atoms with Crippen LogP contribution in [0.3, 0.4) is 0 Å². The molecule has 1 aromatic heterocycles. The molecule has 0 fully saturated rings. The third-order valence-electron chi connectivity index (χ3n) is 3.21. The Labute approximate surface area is 155 Å². The molecule has 4 N–H and O–H groups in total. The topological polar surface area (TPSA) is 100 Å². The molecule has 0 radical (unpaired) electrons. The fraction of sp³-hybridized carbons (Fsp3) is 0.533. The van der Waals surface area contributed by atoms with Crippen LogP contribution >= 0.6 is 24.8 Å². The molecule has 7 nitrogen and oxygen atoms in total. The van der Waals surface area contributed by atoms with Crippen molar-refractivity contribution in [2.75, 3.05) is 25.5 Å². The smallest absolute Gasteiger partial charge is 0.239 e. The number of carbonyl (C=O) groups is 2. The van der Waals surface area contributed by atoms with E-state index in [0.717, 1.165) is 11.4 Å². The molecular formula is C15H27Cl2N5O2. The Hall–Kier alpha value is -1.57. The molecule has 0 saturated heterocycles. The maximum Gasteiger partial charge on any atom is 0.239 e. The van der Waals surface area contributed by atoms with Crippen LogP contribution in [0.25, 0.3) is 0 Å². The van der Waals surface area contributed by atoms with Crippen LogP contribution in [-0.2, 0) is 16.1 Å². The van der Waals surface area contributed by atoms with Crippen molar-refractivity contribution < 1.29 is 9.59 Å². The zero-order valence-electron chi connectivity index (χ0n) is 14.4. The highest BCUT2D eigenvalue weighted by Gasteiger charge is 2.17. The number of aromatic nitrogens is 1. The predicted molar refractivity (Wildman–Crippen MR) is 101 cm³/mol. The summed E-state index contributed by atoms with van der Waals surface area (Å²) in [5.41, 5.74) is 6.62. The van der Waals surface area contributed by atoms with Crippen LogP contribution in [0.4, 0.5) is 5.82 Å². The Morgan fingerprint density at radius 2 is 1.88 bits per heavy atom. The second-order valence-electron chi connectivity index (χ2n) is 5.64. The molecule has 24 heavy (non-hydrogen) atoms. The van der Waals surface area contributed by atoms with Gasteiger partial charge in [0.15, 0.2) is 0 Å². The van der Waals surface area contributed by atoms with Gasteiger partial charge in [-0.15, -0.1) is 24.8 Å². The molecule has 0 spiro atoms. The fourth-order valence-corrected chi connectivity index (χ4v) is 1.82. The molecule has 2 amide bonds. The van der Waals surface area contributed by atoms with Gasteiger partial charge < -0.3 is 21.3 Å². The van der Waals surface area contributed by atoms with Crippen molar-refractivity contribution in [3.05, 3.63) is 23.9 Å². The first-order valence-corrected chi connectivity index (χ1v) is 7.24. The van der Waals surface area contributed by atoms with Gasteiger partial charge in [-0.1, -0.05) is 19.9 Å². The van der Waals surface area contributed by atoms with Gasteiger partial charge in [0.1, 0.15) is 5.82 Å². The number of amides is 2. The molecule has 138 valence electrons. The summed E-state index contributed by atoms with van der Waals surface area (Å²) in [6, 6.07) is 3.11. The molecule has 0 aliphatic heterocycles. The number of hydrogen-bond acceptors (Lipinski definition) is 5. The molecular weight excluding hydrogens is 353 g/mol. The SMILES string of the molecule is CC(C)[C@H](N)C(=O)NCC(=O)NCc1cccnc1N(C)C.Cl.Cl. The molecule has 0 bridgehead atoms. The zero-order chi connectivity index (χ0) is 16.7. The lowest BCUT2D eigenvalue weighted by Crippen LogP contribution is -2.47. The average molecular weight is 380 g/mol. The van der Waals surface area contributed by atoms with Crippen LogP contribution in [0, 0.1) is 5.92 Å². The van der Waals surface area contributed by atoms with Gasteiger partial charge in [-0.25, -0.2) is 4.98 Å². The van der Waals surface area contributed by atoms with E-state index < -0.39 is 6.04 Å². The van der Waals surface area contributed by atoms with Gasteiger partial charge in [-0.3, -0.25) is 9.59 Å². The maximum atomic E-state index is 11.8. The number of nitrogens with one attached hydrogen (secondary N) is 2. The first kappa shape index (κ1) is 24.7. The number of anilines is 1. The molecule has 1 aromatic rings. The second-order valence-corrected chi connectivity index (χ2v) is 5.64. The van der Waals surface area contributed by atoms with Crippen molar-refractivity contribution in [3.63, 3.8) is 0 Å². The predicted octanol–water partition coefficient (Wildman–Crippen LogP) is 0.707. The molecule has 0 aliphatic carbocycles. The van der Waals surface area contributed by atoms with Crippen molar-refractivity contribution in [1.29, 1.82) is 0 Å². The minimum atomic E-state index is -0.605. The highest BCUT2D eigenvalue weighted by molar-refractivity contribution is 5.87. The minimum absolute atomic E-state index is 0.